The lowest BCUT2D eigenvalue weighted by molar-refractivity contribution is 0.0581. The number of nitrogens with zero attached hydrogens (tertiary/aromatic N) is 1. The summed E-state index contributed by atoms with van der Waals surface area (Å²) in [5, 5.41) is 0. The summed E-state index contributed by atoms with van der Waals surface area (Å²) in [6.45, 7) is 3.70. The van der Waals surface area contributed by atoms with E-state index in [9.17, 15) is 0 Å². The molecule has 3 rings (SSSR count). The van der Waals surface area contributed by atoms with Crippen molar-refractivity contribution in [1.29, 1.82) is 0 Å². The van der Waals surface area contributed by atoms with Crippen LogP contribution in [-0.2, 0) is 11.2 Å². The SMILES string of the molecule is NCC(C1CCOCC1)N1CCCc2ccccc21. The van der Waals surface area contributed by atoms with Crippen LogP contribution in [0.4, 0.5) is 5.69 Å². The Kier molecular flexibility index (Phi) is 4.04. The minimum atomic E-state index is 0.477. The van der Waals surface area contributed by atoms with E-state index in [0.29, 0.717) is 12.0 Å². The maximum atomic E-state index is 6.11. The lowest BCUT2D eigenvalue weighted by Crippen LogP contribution is -2.49. The lowest BCUT2D eigenvalue weighted by Gasteiger charge is -2.42. The second-order valence-corrected chi connectivity index (χ2v) is 5.68. The van der Waals surface area contributed by atoms with Gasteiger partial charge in [-0.05, 0) is 43.2 Å². The normalized spacial score (nSPS) is 22.1. The van der Waals surface area contributed by atoms with Crippen LogP contribution in [-0.4, -0.2) is 32.3 Å². The summed E-state index contributed by atoms with van der Waals surface area (Å²) in [7, 11) is 0. The molecule has 19 heavy (non-hydrogen) atoms. The molecule has 104 valence electrons. The summed E-state index contributed by atoms with van der Waals surface area (Å²) in [6, 6.07) is 9.30. The monoisotopic (exact) mass is 260 g/mol. The van der Waals surface area contributed by atoms with E-state index in [1.165, 1.54) is 24.1 Å². The Labute approximate surface area is 115 Å². The van der Waals surface area contributed by atoms with E-state index in [2.05, 4.69) is 29.2 Å². The zero-order chi connectivity index (χ0) is 13.1. The van der Waals surface area contributed by atoms with Gasteiger partial charge in [0.1, 0.15) is 0 Å². The van der Waals surface area contributed by atoms with Gasteiger partial charge in [-0.3, -0.25) is 0 Å². The van der Waals surface area contributed by atoms with Crippen molar-refractivity contribution in [2.45, 2.75) is 31.7 Å². The smallest absolute Gasteiger partial charge is 0.0469 e. The molecule has 2 aliphatic heterocycles. The number of ether oxygens (including phenoxy) is 1. The summed E-state index contributed by atoms with van der Waals surface area (Å²) in [6.07, 6.45) is 4.76. The van der Waals surface area contributed by atoms with Gasteiger partial charge in [0.15, 0.2) is 0 Å². The van der Waals surface area contributed by atoms with Gasteiger partial charge in [0.05, 0.1) is 0 Å². The van der Waals surface area contributed by atoms with Gasteiger partial charge in [-0.15, -0.1) is 0 Å². The predicted octanol–water partition coefficient (Wildman–Crippen LogP) is 2.19. The van der Waals surface area contributed by atoms with Crippen LogP contribution in [0.3, 0.4) is 0 Å². The molecule has 2 heterocycles. The highest BCUT2D eigenvalue weighted by atomic mass is 16.5. The fourth-order valence-corrected chi connectivity index (χ4v) is 3.58. The third-order valence-electron chi connectivity index (χ3n) is 4.60. The van der Waals surface area contributed by atoms with Crippen LogP contribution in [0.15, 0.2) is 24.3 Å². The summed E-state index contributed by atoms with van der Waals surface area (Å²) in [5.74, 6) is 0.685. The van der Waals surface area contributed by atoms with Crippen molar-refractivity contribution in [3.63, 3.8) is 0 Å². The maximum Gasteiger partial charge on any atom is 0.0469 e. The Morgan fingerprint density at radius 3 is 2.84 bits per heavy atom. The third-order valence-corrected chi connectivity index (χ3v) is 4.60. The molecule has 0 aliphatic carbocycles. The number of hydrogen-bond acceptors (Lipinski definition) is 3. The van der Waals surface area contributed by atoms with E-state index in [4.69, 9.17) is 10.5 Å². The molecule has 1 fully saturated rings. The first-order valence-electron chi connectivity index (χ1n) is 7.52. The second-order valence-electron chi connectivity index (χ2n) is 5.68. The minimum absolute atomic E-state index is 0.477. The largest absolute Gasteiger partial charge is 0.381 e. The first-order chi connectivity index (χ1) is 9.40. The third kappa shape index (κ3) is 2.63. The topological polar surface area (TPSA) is 38.5 Å². The molecule has 3 heteroatoms. The van der Waals surface area contributed by atoms with Crippen LogP contribution >= 0.6 is 0 Å². The molecule has 1 atom stereocenters. The van der Waals surface area contributed by atoms with E-state index in [-0.39, 0.29) is 0 Å². The van der Waals surface area contributed by atoms with E-state index >= 15 is 0 Å². The van der Waals surface area contributed by atoms with Gasteiger partial charge >= 0.3 is 0 Å². The molecular formula is C16H24N2O. The lowest BCUT2D eigenvalue weighted by atomic mass is 9.88. The van der Waals surface area contributed by atoms with E-state index in [1.54, 1.807) is 0 Å². The Bertz CT molecular complexity index is 415. The molecule has 1 saturated heterocycles. The summed E-state index contributed by atoms with van der Waals surface area (Å²) in [4.78, 5) is 2.56. The van der Waals surface area contributed by atoms with Crippen molar-refractivity contribution in [2.24, 2.45) is 11.7 Å². The Morgan fingerprint density at radius 1 is 1.26 bits per heavy atom. The molecule has 0 spiro atoms. The van der Waals surface area contributed by atoms with Gasteiger partial charge in [0, 0.05) is 38.0 Å². The average Bonchev–Trinajstić information content (AvgIpc) is 2.49. The predicted molar refractivity (Wildman–Crippen MR) is 78.5 cm³/mol. The van der Waals surface area contributed by atoms with Gasteiger partial charge in [-0.25, -0.2) is 0 Å². The summed E-state index contributed by atoms with van der Waals surface area (Å²) < 4.78 is 5.49. The number of fused-ring (bicyclic) bond motifs is 1. The highest BCUT2D eigenvalue weighted by Crippen LogP contribution is 2.32. The van der Waals surface area contributed by atoms with E-state index < -0.39 is 0 Å². The molecular weight excluding hydrogens is 236 g/mol. The zero-order valence-electron chi connectivity index (χ0n) is 11.6. The first kappa shape index (κ1) is 12.9. The molecule has 0 radical (unpaired) electrons. The maximum absolute atomic E-state index is 6.11. The van der Waals surface area contributed by atoms with Gasteiger partial charge in [0.2, 0.25) is 0 Å². The van der Waals surface area contributed by atoms with Crippen molar-refractivity contribution in [3.8, 4) is 0 Å². The number of hydrogen-bond donors (Lipinski definition) is 1. The molecule has 1 aromatic carbocycles. The fraction of sp³-hybridized carbons (Fsp3) is 0.625. The summed E-state index contributed by atoms with van der Waals surface area (Å²) in [5.41, 5.74) is 9.01. The van der Waals surface area contributed by atoms with Crippen molar-refractivity contribution in [3.05, 3.63) is 29.8 Å². The van der Waals surface area contributed by atoms with E-state index in [0.717, 1.165) is 39.1 Å². The van der Waals surface area contributed by atoms with Gasteiger partial charge < -0.3 is 15.4 Å². The fourth-order valence-electron chi connectivity index (χ4n) is 3.58. The first-order valence-corrected chi connectivity index (χ1v) is 7.52. The number of nitrogens with two attached hydrogens (primary N) is 1. The Balaban J connectivity index is 1.83. The van der Waals surface area contributed by atoms with Crippen LogP contribution in [0.2, 0.25) is 0 Å². The molecule has 0 bridgehead atoms. The van der Waals surface area contributed by atoms with Crippen molar-refractivity contribution < 1.29 is 4.74 Å². The molecule has 2 N–H and O–H groups in total. The number of aryl methyl sites for hydroxylation is 1. The number of anilines is 1. The number of benzene rings is 1. The van der Waals surface area contributed by atoms with Crippen LogP contribution in [0.25, 0.3) is 0 Å². The minimum Gasteiger partial charge on any atom is -0.381 e. The molecule has 0 amide bonds. The number of para-hydroxylation sites is 1. The molecule has 3 nitrogen and oxygen atoms in total. The molecule has 0 saturated carbocycles. The van der Waals surface area contributed by atoms with Crippen LogP contribution in [0.1, 0.15) is 24.8 Å². The molecule has 1 unspecified atom stereocenters. The second kappa shape index (κ2) is 5.93. The van der Waals surface area contributed by atoms with Gasteiger partial charge in [0.25, 0.3) is 0 Å². The summed E-state index contributed by atoms with van der Waals surface area (Å²) >= 11 is 0. The molecule has 2 aliphatic rings. The average molecular weight is 260 g/mol. The van der Waals surface area contributed by atoms with Gasteiger partial charge in [-0.2, -0.15) is 0 Å². The Morgan fingerprint density at radius 2 is 2.05 bits per heavy atom. The van der Waals surface area contributed by atoms with E-state index in [1.807, 2.05) is 0 Å². The van der Waals surface area contributed by atoms with Crippen LogP contribution < -0.4 is 10.6 Å². The van der Waals surface area contributed by atoms with Gasteiger partial charge in [-0.1, -0.05) is 18.2 Å². The van der Waals surface area contributed by atoms with Crippen molar-refractivity contribution in [2.75, 3.05) is 31.2 Å². The highest BCUT2D eigenvalue weighted by Gasteiger charge is 2.30. The molecule has 1 aromatic rings. The highest BCUT2D eigenvalue weighted by molar-refractivity contribution is 5.56. The Hall–Kier alpha value is -1.06. The van der Waals surface area contributed by atoms with Crippen LogP contribution in [0, 0.1) is 5.92 Å². The van der Waals surface area contributed by atoms with Crippen molar-refractivity contribution >= 4 is 5.69 Å². The van der Waals surface area contributed by atoms with Crippen molar-refractivity contribution in [1.82, 2.24) is 0 Å². The standard InChI is InChI=1S/C16H24N2O/c17-12-16(14-7-10-19-11-8-14)18-9-3-5-13-4-1-2-6-15(13)18/h1-2,4,6,14,16H,3,5,7-12,17H2. The zero-order valence-corrected chi connectivity index (χ0v) is 11.6. The molecule has 0 aromatic heterocycles. The quantitative estimate of drug-likeness (QED) is 0.905. The van der Waals surface area contributed by atoms with Crippen LogP contribution in [0.5, 0.6) is 0 Å². The number of rotatable bonds is 3.